The van der Waals surface area contributed by atoms with Crippen LogP contribution in [0.25, 0.3) is 0 Å². The van der Waals surface area contributed by atoms with Gasteiger partial charge in [0, 0.05) is 16.5 Å². The molecule has 0 amide bonds. The molecule has 0 unspecified atom stereocenters. The van der Waals surface area contributed by atoms with Gasteiger partial charge in [0.25, 0.3) is 0 Å². The van der Waals surface area contributed by atoms with E-state index in [0.717, 1.165) is 11.3 Å². The lowest BCUT2D eigenvalue weighted by Crippen LogP contribution is -2.17. The van der Waals surface area contributed by atoms with Crippen molar-refractivity contribution in [2.45, 2.75) is 29.9 Å². The molecule has 0 bridgehead atoms. The SMILES string of the molecule is CCCn1c(Sc2ccc(Cl)cc2C#N)n[nH]c1=O. The highest BCUT2D eigenvalue weighted by atomic mass is 35.5. The van der Waals surface area contributed by atoms with Crippen LogP contribution in [0.5, 0.6) is 0 Å². The Kier molecular flexibility index (Phi) is 4.30. The molecular weight excluding hydrogens is 284 g/mol. The summed E-state index contributed by atoms with van der Waals surface area (Å²) in [4.78, 5) is 12.3. The van der Waals surface area contributed by atoms with Gasteiger partial charge in [-0.05, 0) is 36.4 Å². The van der Waals surface area contributed by atoms with E-state index in [2.05, 4.69) is 16.3 Å². The third kappa shape index (κ3) is 3.00. The molecule has 0 aliphatic rings. The number of nitrogens with zero attached hydrogens (tertiary/aromatic N) is 3. The fourth-order valence-electron chi connectivity index (χ4n) is 1.58. The lowest BCUT2D eigenvalue weighted by molar-refractivity contribution is 0.604. The number of H-pyrrole nitrogens is 1. The Balaban J connectivity index is 2.37. The van der Waals surface area contributed by atoms with E-state index >= 15 is 0 Å². The van der Waals surface area contributed by atoms with Crippen molar-refractivity contribution in [2.24, 2.45) is 0 Å². The van der Waals surface area contributed by atoms with Gasteiger partial charge in [-0.3, -0.25) is 4.57 Å². The van der Waals surface area contributed by atoms with Crippen molar-refractivity contribution in [3.63, 3.8) is 0 Å². The molecule has 2 rings (SSSR count). The highest BCUT2D eigenvalue weighted by molar-refractivity contribution is 7.99. The summed E-state index contributed by atoms with van der Waals surface area (Å²) < 4.78 is 1.56. The lowest BCUT2D eigenvalue weighted by atomic mass is 10.2. The van der Waals surface area contributed by atoms with Crippen LogP contribution >= 0.6 is 23.4 Å². The molecule has 0 radical (unpaired) electrons. The van der Waals surface area contributed by atoms with Crippen molar-refractivity contribution < 1.29 is 0 Å². The predicted molar refractivity (Wildman–Crippen MR) is 73.4 cm³/mol. The molecule has 0 saturated carbocycles. The van der Waals surface area contributed by atoms with E-state index in [9.17, 15) is 4.79 Å². The first-order valence-electron chi connectivity index (χ1n) is 5.68. The molecule has 19 heavy (non-hydrogen) atoms. The van der Waals surface area contributed by atoms with Gasteiger partial charge in [0.2, 0.25) is 0 Å². The van der Waals surface area contributed by atoms with Gasteiger partial charge >= 0.3 is 5.69 Å². The van der Waals surface area contributed by atoms with Crippen LogP contribution in [-0.4, -0.2) is 14.8 Å². The van der Waals surface area contributed by atoms with Crippen LogP contribution < -0.4 is 5.69 Å². The second-order valence-electron chi connectivity index (χ2n) is 3.82. The van der Waals surface area contributed by atoms with Crippen LogP contribution in [0.2, 0.25) is 5.02 Å². The molecule has 98 valence electrons. The molecule has 0 fully saturated rings. The van der Waals surface area contributed by atoms with Crippen LogP contribution in [0.1, 0.15) is 18.9 Å². The molecule has 0 aliphatic carbocycles. The molecule has 0 spiro atoms. The van der Waals surface area contributed by atoms with E-state index in [1.807, 2.05) is 6.92 Å². The second-order valence-corrected chi connectivity index (χ2v) is 5.26. The fraction of sp³-hybridized carbons (Fsp3) is 0.250. The predicted octanol–water partition coefficient (Wildman–Crippen LogP) is 2.66. The number of nitrogens with one attached hydrogen (secondary N) is 1. The Morgan fingerprint density at radius 1 is 1.58 bits per heavy atom. The molecule has 7 heteroatoms. The van der Waals surface area contributed by atoms with Crippen LogP contribution in [0.3, 0.4) is 0 Å². The Labute approximate surface area is 119 Å². The molecule has 1 heterocycles. The van der Waals surface area contributed by atoms with Crippen LogP contribution in [0, 0.1) is 11.3 Å². The average molecular weight is 295 g/mol. The molecule has 1 aromatic carbocycles. The first kappa shape index (κ1) is 13.7. The zero-order valence-corrected chi connectivity index (χ0v) is 11.8. The normalized spacial score (nSPS) is 10.4. The van der Waals surface area contributed by atoms with E-state index in [4.69, 9.17) is 16.9 Å². The molecule has 0 saturated heterocycles. The molecule has 0 atom stereocenters. The Bertz CT molecular complexity index is 686. The number of benzene rings is 1. The Morgan fingerprint density at radius 2 is 2.37 bits per heavy atom. The Morgan fingerprint density at radius 3 is 3.05 bits per heavy atom. The van der Waals surface area contributed by atoms with Crippen molar-refractivity contribution in [2.75, 3.05) is 0 Å². The summed E-state index contributed by atoms with van der Waals surface area (Å²) in [5.74, 6) is 0. The zero-order valence-electron chi connectivity index (χ0n) is 10.2. The summed E-state index contributed by atoms with van der Waals surface area (Å²) in [6.45, 7) is 2.57. The highest BCUT2D eigenvalue weighted by Gasteiger charge is 2.12. The first-order valence-corrected chi connectivity index (χ1v) is 6.88. The van der Waals surface area contributed by atoms with Gasteiger partial charge in [0.15, 0.2) is 5.16 Å². The van der Waals surface area contributed by atoms with Crippen molar-refractivity contribution in [3.8, 4) is 6.07 Å². The Hall–Kier alpha value is -1.71. The molecule has 1 N–H and O–H groups in total. The van der Waals surface area contributed by atoms with E-state index in [0.29, 0.717) is 22.3 Å². The van der Waals surface area contributed by atoms with Gasteiger partial charge in [-0.25, -0.2) is 9.89 Å². The summed E-state index contributed by atoms with van der Waals surface area (Å²) in [7, 11) is 0. The lowest BCUT2D eigenvalue weighted by Gasteiger charge is -2.05. The molecule has 1 aromatic heterocycles. The third-order valence-corrected chi connectivity index (χ3v) is 3.74. The van der Waals surface area contributed by atoms with Gasteiger partial charge in [-0.15, -0.1) is 5.10 Å². The molecule has 0 aliphatic heterocycles. The minimum Gasteiger partial charge on any atom is -0.270 e. The number of aromatic nitrogens is 3. The van der Waals surface area contributed by atoms with Crippen LogP contribution in [0.15, 0.2) is 33.0 Å². The van der Waals surface area contributed by atoms with Crippen molar-refractivity contribution in [1.82, 2.24) is 14.8 Å². The number of nitriles is 1. The maximum Gasteiger partial charge on any atom is 0.343 e. The number of hydrogen-bond acceptors (Lipinski definition) is 4. The quantitative estimate of drug-likeness (QED) is 0.940. The van der Waals surface area contributed by atoms with Gasteiger partial charge in [0.05, 0.1) is 5.56 Å². The molecule has 5 nitrogen and oxygen atoms in total. The maximum absolute atomic E-state index is 11.6. The number of rotatable bonds is 4. The van der Waals surface area contributed by atoms with Crippen LogP contribution in [-0.2, 0) is 6.54 Å². The number of halogens is 1. The summed E-state index contributed by atoms with van der Waals surface area (Å²) in [6, 6.07) is 7.14. The minimum atomic E-state index is -0.239. The number of hydrogen-bond donors (Lipinski definition) is 1. The monoisotopic (exact) mass is 294 g/mol. The smallest absolute Gasteiger partial charge is 0.270 e. The molecular formula is C12H11ClN4OS. The van der Waals surface area contributed by atoms with Crippen LogP contribution in [0.4, 0.5) is 0 Å². The first-order chi connectivity index (χ1) is 9.15. The number of aromatic amines is 1. The average Bonchev–Trinajstić information content (AvgIpc) is 2.74. The van der Waals surface area contributed by atoms with Gasteiger partial charge in [-0.1, -0.05) is 18.5 Å². The van der Waals surface area contributed by atoms with Gasteiger partial charge < -0.3 is 0 Å². The summed E-state index contributed by atoms with van der Waals surface area (Å²) in [5, 5.41) is 16.5. The summed E-state index contributed by atoms with van der Waals surface area (Å²) >= 11 is 7.12. The van der Waals surface area contributed by atoms with E-state index < -0.39 is 0 Å². The minimum absolute atomic E-state index is 0.239. The van der Waals surface area contributed by atoms with Crippen molar-refractivity contribution in [3.05, 3.63) is 39.3 Å². The van der Waals surface area contributed by atoms with Crippen molar-refractivity contribution >= 4 is 23.4 Å². The van der Waals surface area contributed by atoms with Gasteiger partial charge in [0.1, 0.15) is 6.07 Å². The largest absolute Gasteiger partial charge is 0.343 e. The van der Waals surface area contributed by atoms with Crippen molar-refractivity contribution in [1.29, 1.82) is 5.26 Å². The highest BCUT2D eigenvalue weighted by Crippen LogP contribution is 2.29. The topological polar surface area (TPSA) is 74.5 Å². The fourth-order valence-corrected chi connectivity index (χ4v) is 2.67. The molecule has 2 aromatic rings. The van der Waals surface area contributed by atoms with E-state index in [-0.39, 0.29) is 5.69 Å². The van der Waals surface area contributed by atoms with Gasteiger partial charge in [-0.2, -0.15) is 5.26 Å². The summed E-state index contributed by atoms with van der Waals surface area (Å²) in [6.07, 6.45) is 0.832. The standard InChI is InChI=1S/C12H11ClN4OS/c1-2-5-17-11(18)15-16-12(17)19-10-4-3-9(13)6-8(10)7-14/h3-4,6H,2,5H2,1H3,(H,15,18). The van der Waals surface area contributed by atoms with E-state index in [1.165, 1.54) is 11.8 Å². The summed E-state index contributed by atoms with van der Waals surface area (Å²) in [5.41, 5.74) is 0.229. The third-order valence-electron chi connectivity index (χ3n) is 2.43. The second kappa shape index (κ2) is 5.95. The zero-order chi connectivity index (χ0) is 13.8. The van der Waals surface area contributed by atoms with E-state index in [1.54, 1.807) is 22.8 Å². The maximum atomic E-state index is 11.6.